The average Bonchev–Trinajstić information content (AvgIpc) is 1.67. The van der Waals surface area contributed by atoms with E-state index in [1.165, 1.54) is 118 Å². The smallest absolute Gasteiger partial charge is 0.333 e. The van der Waals surface area contributed by atoms with Gasteiger partial charge in [0.1, 0.15) is 0 Å². The summed E-state index contributed by atoms with van der Waals surface area (Å²) < 4.78 is 0. The highest BCUT2D eigenvalue weighted by molar-refractivity contribution is 6.32. The lowest BCUT2D eigenvalue weighted by Crippen LogP contribution is -2.18. The van der Waals surface area contributed by atoms with Crippen molar-refractivity contribution in [1.29, 1.82) is 0 Å². The minimum atomic E-state index is -1.25. The molecule has 0 atom stereocenters. The second kappa shape index (κ2) is 39.8. The maximum absolute atomic E-state index is 11.9. The Morgan fingerprint density at radius 2 is 0.683 bits per heavy atom. The number of hydrogen-bond donors (Lipinski definition) is 6. The molecule has 0 saturated heterocycles. The third-order valence-electron chi connectivity index (χ3n) is 24.2. The van der Waals surface area contributed by atoms with Crippen molar-refractivity contribution in [3.05, 3.63) is 358 Å². The molecule has 120 heavy (non-hydrogen) atoms. The molecule has 0 radical (unpaired) electrons. The fraction of sp³-hybridized carbons (Fsp3) is 0.284. The molecule has 5 aromatic carbocycles. The Balaban J connectivity index is 0.710. The summed E-state index contributed by atoms with van der Waals surface area (Å²) in [5, 5.41) is 14.3. The van der Waals surface area contributed by atoms with Gasteiger partial charge in [-0.2, -0.15) is 0 Å². The van der Waals surface area contributed by atoms with Crippen molar-refractivity contribution in [1.82, 2.24) is 24.9 Å². The Hall–Kier alpha value is -12.5. The van der Waals surface area contributed by atoms with Crippen molar-refractivity contribution in [2.45, 2.75) is 202 Å². The molecule has 4 aliphatic heterocycles. The molecule has 0 spiro atoms. The lowest BCUT2D eigenvalue weighted by atomic mass is 9.91. The van der Waals surface area contributed by atoms with Crippen LogP contribution in [-0.2, 0) is 4.79 Å². The summed E-state index contributed by atoms with van der Waals surface area (Å²) >= 11 is 0. The van der Waals surface area contributed by atoms with Crippen LogP contribution in [0.15, 0.2) is 262 Å². The fourth-order valence-corrected chi connectivity index (χ4v) is 17.6. The molecule has 0 amide bonds. The predicted octanol–water partition coefficient (Wildman–Crippen LogP) is 26.3. The van der Waals surface area contributed by atoms with Gasteiger partial charge in [-0.25, -0.2) is 14.8 Å². The highest BCUT2D eigenvalue weighted by Crippen LogP contribution is 2.42. The maximum Gasteiger partial charge on any atom is 0.333 e. The molecule has 15 rings (SSSR count). The third kappa shape index (κ3) is 19.4. The number of benzene rings is 5. The minimum absolute atomic E-state index is 0.340. The molecule has 16 bridgehead atoms. The minimum Gasteiger partial charge on any atom is -0.486 e. The number of hydrogen-bond acceptors (Lipinski definition) is 4. The van der Waals surface area contributed by atoms with Gasteiger partial charge < -0.3 is 34.9 Å². The van der Waals surface area contributed by atoms with E-state index in [4.69, 9.17) is 16.6 Å². The van der Waals surface area contributed by atoms with Gasteiger partial charge in [0.2, 0.25) is 0 Å². The number of aliphatic carboxylic acids is 1. The van der Waals surface area contributed by atoms with Crippen LogP contribution in [0, 0.1) is 6.57 Å². The maximum atomic E-state index is 11.9. The van der Waals surface area contributed by atoms with Crippen LogP contribution in [0.1, 0.15) is 275 Å². The van der Waals surface area contributed by atoms with Gasteiger partial charge in [-0.05, 0) is 283 Å². The largest absolute Gasteiger partial charge is 0.486 e. The van der Waals surface area contributed by atoms with Crippen molar-refractivity contribution < 1.29 is 9.90 Å². The molecule has 0 saturated carbocycles. The Bertz CT molecular complexity index is 6070. The van der Waals surface area contributed by atoms with E-state index < -0.39 is 5.97 Å². The summed E-state index contributed by atoms with van der Waals surface area (Å²) in [5.41, 5.74) is 33.4. The second-order valence-electron chi connectivity index (χ2n) is 32.8. The quantitative estimate of drug-likeness (QED) is 0.0102. The standard InChI is InChI=1S/C109H115N9O2/c1-8-14-20-26-86-81-50-51-82(73-81)107(103-69-66-100(115-103)89(29-23-17-11-4)97-63-60-94(112-97)87(27-21-15-9-2)93-59-58-92(86)111-93)79-46-36-74(37-47-79)32-34-76-40-52-83(53-41-76)118(85-56-44-78(45-57-85)72-106(110-7)109(119)120)84-54-42-77(43-55-84)35-33-75-38-48-80(49-39-75)108-104-70-67-101(116-104)90(30-24-18-12-5)98-64-61-95(113-98)88(28-22-16-10-3)96-62-65-99(114-96)91(31-25-19-13-6)102-68-71-105(108)117-102/h32-72,112-114,116-117H,8-31,73H2,1-6H3,(H,119,120)/b34-32+,35-33+,86-81?,92-86?,93-87?,94-87?,95-88?,96-88?,97-89?,98-90?,99-91?,100-89?,101-90?,102-91?,106-72-,107-82?,107-103?,108-104?,108-105?. The lowest BCUT2D eigenvalue weighted by molar-refractivity contribution is -0.132. The first kappa shape index (κ1) is 82.6. The Labute approximate surface area is 709 Å². The number of rotatable bonds is 35. The summed E-state index contributed by atoms with van der Waals surface area (Å²) in [6.45, 7) is 21.2. The van der Waals surface area contributed by atoms with Crippen LogP contribution in [0.5, 0.6) is 0 Å². The SMILES string of the molecule is [C-]#[N+]/C(=C\c1ccc(N(c2ccc(/C=C/c3ccc(C4=C5C=CC(=C(CCCCC)C6=NC(=C(CCCCC)c7ccc([nH]7)C(CCCCC)=C7C=CC4=N7)C=C6)C5)cc3)cc2)c2ccc(/C=C/c3ccc(C4=c5ccc([nH]5)=C(CCCCC)c5ccc([nH]5)C(CCCCC)=c5ccc([nH]5)=C(CCCCC)c5ccc4[nH]5)cc3)cc2)cc1)C(=O)O. The zero-order valence-electron chi connectivity index (χ0n) is 71.0. The molecule has 608 valence electrons. The van der Waals surface area contributed by atoms with E-state index in [9.17, 15) is 9.90 Å². The number of carboxylic acids is 1. The third-order valence-corrected chi connectivity index (χ3v) is 24.2. The van der Waals surface area contributed by atoms with Gasteiger partial charge in [0.15, 0.2) is 0 Å². The molecule has 9 heterocycles. The van der Waals surface area contributed by atoms with Crippen molar-refractivity contribution in [3.63, 3.8) is 0 Å². The molecule has 0 fully saturated rings. The number of nitrogens with zero attached hydrogens (tertiary/aromatic N) is 4. The van der Waals surface area contributed by atoms with Crippen LogP contribution in [0.2, 0.25) is 0 Å². The van der Waals surface area contributed by atoms with Crippen molar-refractivity contribution >= 4 is 104 Å². The van der Waals surface area contributed by atoms with E-state index in [2.05, 4.69) is 295 Å². The Morgan fingerprint density at radius 3 is 1.10 bits per heavy atom. The molecule has 11 nitrogen and oxygen atoms in total. The summed E-state index contributed by atoms with van der Waals surface area (Å²) in [6, 6.07) is 65.7. The molecule has 5 aliphatic rings. The Morgan fingerprint density at radius 1 is 0.350 bits per heavy atom. The van der Waals surface area contributed by atoms with Crippen molar-refractivity contribution in [3.8, 4) is 0 Å². The first-order valence-corrected chi connectivity index (χ1v) is 44.6. The van der Waals surface area contributed by atoms with Crippen LogP contribution in [0.4, 0.5) is 17.1 Å². The van der Waals surface area contributed by atoms with Crippen molar-refractivity contribution in [2.24, 2.45) is 9.98 Å². The zero-order chi connectivity index (χ0) is 82.7. The summed E-state index contributed by atoms with van der Waals surface area (Å²) in [6.07, 6.45) is 51.3. The van der Waals surface area contributed by atoms with Gasteiger partial charge in [0.25, 0.3) is 5.70 Å². The molecular weight excluding hydrogens is 1470 g/mol. The number of H-pyrrole nitrogens is 5. The predicted molar refractivity (Wildman–Crippen MR) is 505 cm³/mol. The number of aromatic amines is 5. The Kier molecular flexibility index (Phi) is 27.4. The monoisotopic (exact) mass is 1580 g/mol. The van der Waals surface area contributed by atoms with E-state index in [-0.39, 0.29) is 5.70 Å². The summed E-state index contributed by atoms with van der Waals surface area (Å²) in [5.74, 6) is -1.25. The molecular formula is C109H115N9O2. The van der Waals surface area contributed by atoms with Crippen LogP contribution >= 0.6 is 0 Å². The number of fused-ring (bicyclic) bond motifs is 14. The molecule has 0 unspecified atom stereocenters. The second-order valence-corrected chi connectivity index (χ2v) is 32.8. The number of nitrogens with one attached hydrogen (secondary N) is 5. The van der Waals surface area contributed by atoms with Gasteiger partial charge >= 0.3 is 5.97 Å². The lowest BCUT2D eigenvalue weighted by Gasteiger charge is -2.26. The number of aromatic nitrogens is 5. The van der Waals surface area contributed by atoms with E-state index >= 15 is 0 Å². The molecule has 6 N–H and O–H groups in total. The first-order chi connectivity index (χ1) is 59.0. The highest BCUT2D eigenvalue weighted by atomic mass is 16.4. The van der Waals surface area contributed by atoms with Gasteiger partial charge in [0.05, 0.1) is 29.4 Å². The molecule has 11 heteroatoms. The number of unbranched alkanes of at least 4 members (excludes halogenated alkanes) is 12. The number of allylic oxidation sites excluding steroid dienone is 12. The molecule has 5 aromatic heterocycles. The first-order valence-electron chi connectivity index (χ1n) is 44.6. The van der Waals surface area contributed by atoms with Gasteiger partial charge in [-0.15, -0.1) is 0 Å². The van der Waals surface area contributed by atoms with Crippen LogP contribution < -0.4 is 26.3 Å². The summed E-state index contributed by atoms with van der Waals surface area (Å²) in [7, 11) is 0. The highest BCUT2D eigenvalue weighted by Gasteiger charge is 2.27. The number of aliphatic imine (C=N–C) groups is 2. The van der Waals surface area contributed by atoms with E-state index in [0.29, 0.717) is 5.56 Å². The van der Waals surface area contributed by atoms with E-state index in [1.54, 1.807) is 0 Å². The van der Waals surface area contributed by atoms with Gasteiger partial charge in [-0.1, -0.05) is 240 Å². The zero-order valence-corrected chi connectivity index (χ0v) is 71.0. The summed E-state index contributed by atoms with van der Waals surface area (Å²) in [4.78, 5) is 48.4. The molecule has 10 aromatic rings. The topological polar surface area (TPSA) is 149 Å². The van der Waals surface area contributed by atoms with Gasteiger partial charge in [-0.3, -0.25) is 4.79 Å². The normalized spacial score (nSPS) is 14.7. The van der Waals surface area contributed by atoms with E-state index in [0.717, 1.165) is 233 Å². The van der Waals surface area contributed by atoms with Gasteiger partial charge in [0, 0.05) is 94.9 Å². The van der Waals surface area contributed by atoms with Crippen molar-refractivity contribution in [2.75, 3.05) is 4.90 Å². The number of anilines is 3. The van der Waals surface area contributed by atoms with Crippen LogP contribution in [0.3, 0.4) is 0 Å². The number of carbonyl (C=O) groups is 1. The average molecular weight is 1580 g/mol. The van der Waals surface area contributed by atoms with Crippen LogP contribution in [0.25, 0.3) is 74.2 Å². The fourth-order valence-electron chi connectivity index (χ4n) is 17.6. The molecule has 1 aliphatic carbocycles. The van der Waals surface area contributed by atoms with E-state index in [1.807, 2.05) is 24.3 Å². The number of carboxylic acid groups (broad SMARTS) is 1. The van der Waals surface area contributed by atoms with Crippen LogP contribution in [-0.4, -0.2) is 47.4 Å².